The van der Waals surface area contributed by atoms with Crippen LogP contribution in [0.3, 0.4) is 0 Å². The van der Waals surface area contributed by atoms with Crippen molar-refractivity contribution in [3.05, 3.63) is 30.1 Å². The number of aromatic hydroxyl groups is 2. The highest BCUT2D eigenvalue weighted by molar-refractivity contribution is 5.89. The standard InChI is InChI=1S/C10H9NO2/c1-6-4-8-7(5-11-6)2-3-9(12)10(8)13/h2-5,12-13H,1H3. The zero-order valence-electron chi connectivity index (χ0n) is 7.15. The molecule has 0 unspecified atom stereocenters. The van der Waals surface area contributed by atoms with E-state index in [1.807, 2.05) is 6.92 Å². The van der Waals surface area contributed by atoms with E-state index in [4.69, 9.17) is 0 Å². The number of fused-ring (bicyclic) bond motifs is 1. The van der Waals surface area contributed by atoms with Gasteiger partial charge in [-0.05, 0) is 25.1 Å². The molecule has 0 radical (unpaired) electrons. The Labute approximate surface area is 75.3 Å². The lowest BCUT2D eigenvalue weighted by Gasteiger charge is -2.02. The van der Waals surface area contributed by atoms with Crippen LogP contribution in [0.25, 0.3) is 10.8 Å². The zero-order valence-corrected chi connectivity index (χ0v) is 7.15. The number of aromatic nitrogens is 1. The number of rotatable bonds is 0. The number of phenols is 2. The highest BCUT2D eigenvalue weighted by atomic mass is 16.3. The summed E-state index contributed by atoms with van der Waals surface area (Å²) in [6.45, 7) is 1.84. The van der Waals surface area contributed by atoms with E-state index in [1.54, 1.807) is 18.3 Å². The van der Waals surface area contributed by atoms with Crippen LogP contribution in [0.5, 0.6) is 11.5 Å². The molecule has 1 aromatic heterocycles. The van der Waals surface area contributed by atoms with E-state index in [2.05, 4.69) is 4.98 Å². The molecule has 0 aliphatic carbocycles. The molecular formula is C10H9NO2. The highest BCUT2D eigenvalue weighted by Gasteiger charge is 2.04. The van der Waals surface area contributed by atoms with E-state index in [0.29, 0.717) is 5.39 Å². The molecule has 0 saturated carbocycles. The Morgan fingerprint density at radius 3 is 2.77 bits per heavy atom. The zero-order chi connectivity index (χ0) is 9.42. The summed E-state index contributed by atoms with van der Waals surface area (Å²) in [5.41, 5.74) is 0.813. The van der Waals surface area contributed by atoms with Crippen LogP contribution < -0.4 is 0 Å². The lowest BCUT2D eigenvalue weighted by molar-refractivity contribution is 0.408. The fraction of sp³-hybridized carbons (Fsp3) is 0.100. The van der Waals surface area contributed by atoms with Crippen LogP contribution in [0.15, 0.2) is 24.4 Å². The van der Waals surface area contributed by atoms with Crippen molar-refractivity contribution in [3.8, 4) is 11.5 Å². The SMILES string of the molecule is Cc1cc2c(O)c(O)ccc2cn1. The number of benzene rings is 1. The van der Waals surface area contributed by atoms with Gasteiger partial charge in [-0.1, -0.05) is 0 Å². The van der Waals surface area contributed by atoms with Gasteiger partial charge in [-0.25, -0.2) is 0 Å². The van der Waals surface area contributed by atoms with Gasteiger partial charge < -0.3 is 10.2 Å². The molecule has 13 heavy (non-hydrogen) atoms. The summed E-state index contributed by atoms with van der Waals surface area (Å²) >= 11 is 0. The molecule has 0 aliphatic rings. The number of pyridine rings is 1. The van der Waals surface area contributed by atoms with Crippen molar-refractivity contribution in [2.75, 3.05) is 0 Å². The van der Waals surface area contributed by atoms with E-state index in [1.165, 1.54) is 6.07 Å². The molecule has 2 rings (SSSR count). The topological polar surface area (TPSA) is 53.4 Å². The second-order valence-electron chi connectivity index (χ2n) is 2.98. The minimum atomic E-state index is -0.0990. The summed E-state index contributed by atoms with van der Waals surface area (Å²) in [5.74, 6) is -0.180. The first kappa shape index (κ1) is 7.86. The molecule has 3 nitrogen and oxygen atoms in total. The van der Waals surface area contributed by atoms with Crippen molar-refractivity contribution in [2.45, 2.75) is 6.92 Å². The second-order valence-corrected chi connectivity index (χ2v) is 2.98. The Balaban J connectivity index is 2.89. The van der Waals surface area contributed by atoms with Crippen molar-refractivity contribution in [3.63, 3.8) is 0 Å². The monoisotopic (exact) mass is 175 g/mol. The molecule has 3 heteroatoms. The van der Waals surface area contributed by atoms with Crippen LogP contribution in [0, 0.1) is 6.92 Å². The number of hydrogen-bond donors (Lipinski definition) is 2. The van der Waals surface area contributed by atoms with Gasteiger partial charge in [0.2, 0.25) is 0 Å². The van der Waals surface area contributed by atoms with E-state index >= 15 is 0 Å². The molecule has 0 atom stereocenters. The molecule has 1 aromatic carbocycles. The third-order valence-electron chi connectivity index (χ3n) is 1.99. The Bertz CT molecular complexity index is 460. The van der Waals surface area contributed by atoms with Crippen molar-refractivity contribution < 1.29 is 10.2 Å². The predicted octanol–water partition coefficient (Wildman–Crippen LogP) is 1.95. The molecule has 0 spiro atoms. The van der Waals surface area contributed by atoms with Crippen LogP contribution in [0.2, 0.25) is 0 Å². The predicted molar refractivity (Wildman–Crippen MR) is 49.8 cm³/mol. The van der Waals surface area contributed by atoms with Crippen LogP contribution in [0.4, 0.5) is 0 Å². The van der Waals surface area contributed by atoms with Gasteiger partial charge in [-0.15, -0.1) is 0 Å². The minimum absolute atomic E-state index is 0.0806. The van der Waals surface area contributed by atoms with Crippen molar-refractivity contribution in [1.29, 1.82) is 0 Å². The maximum absolute atomic E-state index is 9.50. The Hall–Kier alpha value is -1.77. The van der Waals surface area contributed by atoms with Crippen molar-refractivity contribution >= 4 is 10.8 Å². The van der Waals surface area contributed by atoms with Crippen LogP contribution in [0.1, 0.15) is 5.69 Å². The normalized spacial score (nSPS) is 10.5. The molecule has 66 valence electrons. The van der Waals surface area contributed by atoms with Gasteiger partial charge in [0.1, 0.15) is 0 Å². The first-order chi connectivity index (χ1) is 6.18. The van der Waals surface area contributed by atoms with Crippen LogP contribution in [-0.4, -0.2) is 15.2 Å². The fourth-order valence-electron chi connectivity index (χ4n) is 1.29. The molecule has 2 N–H and O–H groups in total. The van der Waals surface area contributed by atoms with E-state index < -0.39 is 0 Å². The quantitative estimate of drug-likeness (QED) is 0.602. The number of nitrogens with zero attached hydrogens (tertiary/aromatic N) is 1. The van der Waals surface area contributed by atoms with Gasteiger partial charge >= 0.3 is 0 Å². The fourth-order valence-corrected chi connectivity index (χ4v) is 1.29. The Morgan fingerprint density at radius 2 is 2.00 bits per heavy atom. The number of aryl methyl sites for hydroxylation is 1. The average Bonchev–Trinajstić information content (AvgIpc) is 2.12. The van der Waals surface area contributed by atoms with Gasteiger partial charge in [0, 0.05) is 22.7 Å². The van der Waals surface area contributed by atoms with E-state index in [-0.39, 0.29) is 11.5 Å². The first-order valence-electron chi connectivity index (χ1n) is 3.96. The minimum Gasteiger partial charge on any atom is -0.504 e. The van der Waals surface area contributed by atoms with Crippen LogP contribution in [-0.2, 0) is 0 Å². The van der Waals surface area contributed by atoms with Crippen molar-refractivity contribution in [2.24, 2.45) is 0 Å². The first-order valence-corrected chi connectivity index (χ1v) is 3.96. The smallest absolute Gasteiger partial charge is 0.165 e. The maximum atomic E-state index is 9.50. The lowest BCUT2D eigenvalue weighted by atomic mass is 10.1. The Kier molecular flexibility index (Phi) is 1.59. The molecule has 1 heterocycles. The van der Waals surface area contributed by atoms with Crippen molar-refractivity contribution in [1.82, 2.24) is 4.98 Å². The van der Waals surface area contributed by atoms with Gasteiger partial charge in [-0.3, -0.25) is 4.98 Å². The average molecular weight is 175 g/mol. The van der Waals surface area contributed by atoms with Crippen LogP contribution >= 0.6 is 0 Å². The van der Waals surface area contributed by atoms with E-state index in [0.717, 1.165) is 11.1 Å². The van der Waals surface area contributed by atoms with E-state index in [9.17, 15) is 10.2 Å². The molecule has 0 aliphatic heterocycles. The summed E-state index contributed by atoms with van der Waals surface area (Å²) in [7, 11) is 0. The number of phenolic OH excluding ortho intramolecular Hbond substituents is 2. The molecular weight excluding hydrogens is 166 g/mol. The molecule has 0 saturated heterocycles. The summed E-state index contributed by atoms with van der Waals surface area (Å²) in [6, 6.07) is 4.91. The highest BCUT2D eigenvalue weighted by Crippen LogP contribution is 2.32. The molecule has 2 aromatic rings. The largest absolute Gasteiger partial charge is 0.504 e. The molecule has 0 fully saturated rings. The molecule has 0 bridgehead atoms. The Morgan fingerprint density at radius 1 is 1.23 bits per heavy atom. The molecule has 0 amide bonds. The lowest BCUT2D eigenvalue weighted by Crippen LogP contribution is -1.81. The second kappa shape index (κ2) is 2.62. The summed E-state index contributed by atoms with van der Waals surface area (Å²) < 4.78 is 0. The van der Waals surface area contributed by atoms with Gasteiger partial charge in [0.15, 0.2) is 11.5 Å². The summed E-state index contributed by atoms with van der Waals surface area (Å²) in [4.78, 5) is 4.09. The maximum Gasteiger partial charge on any atom is 0.165 e. The van der Waals surface area contributed by atoms with Gasteiger partial charge in [0.05, 0.1) is 0 Å². The number of hydrogen-bond acceptors (Lipinski definition) is 3. The third kappa shape index (κ3) is 1.18. The summed E-state index contributed by atoms with van der Waals surface area (Å²) in [6.07, 6.45) is 1.67. The van der Waals surface area contributed by atoms with Gasteiger partial charge in [0.25, 0.3) is 0 Å². The third-order valence-corrected chi connectivity index (χ3v) is 1.99. The summed E-state index contributed by atoms with van der Waals surface area (Å²) in [5, 5.41) is 20.2. The van der Waals surface area contributed by atoms with Gasteiger partial charge in [-0.2, -0.15) is 0 Å².